The Morgan fingerprint density at radius 2 is 1.92 bits per heavy atom. The van der Waals surface area contributed by atoms with Crippen molar-refractivity contribution in [1.29, 1.82) is 0 Å². The monoisotopic (exact) mass is 360 g/mol. The molecular weight excluding hydrogens is 340 g/mol. The molecule has 1 atom stereocenters. The first kappa shape index (κ1) is 18.8. The Bertz CT molecular complexity index is 734. The lowest BCUT2D eigenvalue weighted by atomic mass is 10.1. The van der Waals surface area contributed by atoms with E-state index in [0.717, 1.165) is 16.9 Å². The first-order chi connectivity index (χ1) is 12.0. The predicted octanol–water partition coefficient (Wildman–Crippen LogP) is 3.71. The number of methoxy groups -OCH3 is 1. The van der Waals surface area contributed by atoms with Gasteiger partial charge in [-0.15, -0.1) is 11.8 Å². The lowest BCUT2D eigenvalue weighted by Crippen LogP contribution is -2.28. The standard InChI is InChI=1S/C18H20N2O4S/c1-13(16-5-3-4-6-17(16)24-2)19-18(21)12-25-11-14-7-9-15(10-8-14)20(22)23/h3-10,13H,11-12H2,1-2H3,(H,19,21). The van der Waals surface area contributed by atoms with Crippen LogP contribution < -0.4 is 10.1 Å². The van der Waals surface area contributed by atoms with Crippen molar-refractivity contribution >= 4 is 23.4 Å². The number of nitro benzene ring substituents is 1. The number of rotatable bonds is 8. The van der Waals surface area contributed by atoms with Gasteiger partial charge in [-0.3, -0.25) is 14.9 Å². The van der Waals surface area contributed by atoms with Gasteiger partial charge >= 0.3 is 0 Å². The van der Waals surface area contributed by atoms with E-state index in [1.807, 2.05) is 31.2 Å². The summed E-state index contributed by atoms with van der Waals surface area (Å²) in [5.41, 5.74) is 1.94. The van der Waals surface area contributed by atoms with Crippen LogP contribution in [-0.2, 0) is 10.5 Å². The van der Waals surface area contributed by atoms with Gasteiger partial charge in [0.05, 0.1) is 23.8 Å². The summed E-state index contributed by atoms with van der Waals surface area (Å²) in [5, 5.41) is 13.6. The van der Waals surface area contributed by atoms with E-state index < -0.39 is 4.92 Å². The summed E-state index contributed by atoms with van der Waals surface area (Å²) in [6.07, 6.45) is 0. The van der Waals surface area contributed by atoms with Crippen LogP contribution in [0.2, 0.25) is 0 Å². The number of nitro groups is 1. The Kier molecular flexibility index (Phi) is 6.82. The molecule has 0 aliphatic rings. The van der Waals surface area contributed by atoms with Crippen molar-refractivity contribution in [2.45, 2.75) is 18.7 Å². The Balaban J connectivity index is 1.81. The minimum Gasteiger partial charge on any atom is -0.496 e. The highest BCUT2D eigenvalue weighted by Crippen LogP contribution is 2.24. The zero-order chi connectivity index (χ0) is 18.2. The molecule has 1 amide bonds. The Morgan fingerprint density at radius 3 is 2.56 bits per heavy atom. The van der Waals surface area contributed by atoms with Gasteiger partial charge in [0.2, 0.25) is 5.91 Å². The van der Waals surface area contributed by atoms with Crippen molar-refractivity contribution in [3.05, 3.63) is 69.8 Å². The molecular formula is C18H20N2O4S. The number of para-hydroxylation sites is 1. The number of nitrogens with zero attached hydrogens (tertiary/aromatic N) is 1. The number of hydrogen-bond donors (Lipinski definition) is 1. The molecule has 0 saturated heterocycles. The van der Waals surface area contributed by atoms with Gasteiger partial charge < -0.3 is 10.1 Å². The molecule has 0 spiro atoms. The van der Waals surface area contributed by atoms with Crippen LogP contribution in [0.5, 0.6) is 5.75 Å². The van der Waals surface area contributed by atoms with Crippen LogP contribution in [0.4, 0.5) is 5.69 Å². The van der Waals surface area contributed by atoms with Crippen LogP contribution in [0, 0.1) is 10.1 Å². The van der Waals surface area contributed by atoms with Crippen LogP contribution in [0.1, 0.15) is 24.1 Å². The molecule has 7 heteroatoms. The van der Waals surface area contributed by atoms with Crippen molar-refractivity contribution < 1.29 is 14.5 Å². The average Bonchev–Trinajstić information content (AvgIpc) is 2.62. The van der Waals surface area contributed by atoms with Crippen LogP contribution in [-0.4, -0.2) is 23.7 Å². The highest BCUT2D eigenvalue weighted by atomic mass is 32.2. The third-order valence-corrected chi connectivity index (χ3v) is 4.64. The smallest absolute Gasteiger partial charge is 0.269 e. The number of amides is 1. The molecule has 0 saturated carbocycles. The summed E-state index contributed by atoms with van der Waals surface area (Å²) < 4.78 is 5.31. The minimum absolute atomic E-state index is 0.0645. The van der Waals surface area contributed by atoms with Crippen LogP contribution in [0.15, 0.2) is 48.5 Å². The second kappa shape index (κ2) is 9.08. The molecule has 132 valence electrons. The maximum atomic E-state index is 12.1. The fourth-order valence-electron chi connectivity index (χ4n) is 2.36. The predicted molar refractivity (Wildman–Crippen MR) is 98.8 cm³/mol. The van der Waals surface area contributed by atoms with Gasteiger partial charge in [0.25, 0.3) is 5.69 Å². The Labute approximate surface area is 150 Å². The van der Waals surface area contributed by atoms with Gasteiger partial charge in [0.15, 0.2) is 0 Å². The molecule has 2 aromatic rings. The number of carbonyl (C=O) groups is 1. The fourth-order valence-corrected chi connectivity index (χ4v) is 3.16. The average molecular weight is 360 g/mol. The highest BCUT2D eigenvalue weighted by molar-refractivity contribution is 7.99. The second-order valence-electron chi connectivity index (χ2n) is 5.45. The fraction of sp³-hybridized carbons (Fsp3) is 0.278. The summed E-state index contributed by atoms with van der Waals surface area (Å²) in [5.74, 6) is 1.62. The van der Waals surface area contributed by atoms with Crippen molar-refractivity contribution in [3.63, 3.8) is 0 Å². The maximum absolute atomic E-state index is 12.1. The van der Waals surface area contributed by atoms with E-state index in [4.69, 9.17) is 4.74 Å². The molecule has 6 nitrogen and oxygen atoms in total. The molecule has 0 aromatic heterocycles. The second-order valence-corrected chi connectivity index (χ2v) is 6.43. The molecule has 2 aromatic carbocycles. The van der Waals surface area contributed by atoms with Gasteiger partial charge in [-0.1, -0.05) is 30.3 Å². The zero-order valence-electron chi connectivity index (χ0n) is 14.1. The molecule has 0 heterocycles. The molecule has 25 heavy (non-hydrogen) atoms. The zero-order valence-corrected chi connectivity index (χ0v) is 14.9. The van der Waals surface area contributed by atoms with Crippen molar-refractivity contribution in [3.8, 4) is 5.75 Å². The van der Waals surface area contributed by atoms with E-state index in [1.54, 1.807) is 19.2 Å². The van der Waals surface area contributed by atoms with Crippen LogP contribution in [0.25, 0.3) is 0 Å². The highest BCUT2D eigenvalue weighted by Gasteiger charge is 2.13. The normalized spacial score (nSPS) is 11.6. The first-order valence-electron chi connectivity index (χ1n) is 7.74. The lowest BCUT2D eigenvalue weighted by molar-refractivity contribution is -0.384. The molecule has 1 N–H and O–H groups in total. The molecule has 0 bridgehead atoms. The third kappa shape index (κ3) is 5.49. The van der Waals surface area contributed by atoms with E-state index in [9.17, 15) is 14.9 Å². The van der Waals surface area contributed by atoms with E-state index >= 15 is 0 Å². The number of non-ortho nitro benzene ring substituents is 1. The largest absolute Gasteiger partial charge is 0.496 e. The van der Waals surface area contributed by atoms with Gasteiger partial charge in [-0.05, 0) is 18.6 Å². The Hall–Kier alpha value is -2.54. The van der Waals surface area contributed by atoms with E-state index in [0.29, 0.717) is 11.5 Å². The topological polar surface area (TPSA) is 81.5 Å². The summed E-state index contributed by atoms with van der Waals surface area (Å²) >= 11 is 1.46. The summed E-state index contributed by atoms with van der Waals surface area (Å²) in [7, 11) is 1.60. The number of hydrogen-bond acceptors (Lipinski definition) is 5. The van der Waals surface area contributed by atoms with Crippen molar-refractivity contribution in [2.24, 2.45) is 0 Å². The van der Waals surface area contributed by atoms with Gasteiger partial charge in [-0.25, -0.2) is 0 Å². The molecule has 0 radical (unpaired) electrons. The van der Waals surface area contributed by atoms with Crippen molar-refractivity contribution in [1.82, 2.24) is 5.32 Å². The van der Waals surface area contributed by atoms with Gasteiger partial charge in [-0.2, -0.15) is 0 Å². The van der Waals surface area contributed by atoms with Crippen molar-refractivity contribution in [2.75, 3.05) is 12.9 Å². The third-order valence-electron chi connectivity index (χ3n) is 3.63. The summed E-state index contributed by atoms with van der Waals surface area (Å²) in [6, 6.07) is 13.8. The molecule has 2 rings (SSSR count). The number of benzene rings is 2. The van der Waals surface area contributed by atoms with E-state index in [-0.39, 0.29) is 17.6 Å². The number of thioether (sulfide) groups is 1. The van der Waals surface area contributed by atoms with Crippen LogP contribution >= 0.6 is 11.8 Å². The summed E-state index contributed by atoms with van der Waals surface area (Å²) in [6.45, 7) is 1.91. The first-order valence-corrected chi connectivity index (χ1v) is 8.90. The lowest BCUT2D eigenvalue weighted by Gasteiger charge is -2.17. The molecule has 1 unspecified atom stereocenters. The van der Waals surface area contributed by atoms with Crippen LogP contribution in [0.3, 0.4) is 0 Å². The molecule has 0 aliphatic carbocycles. The quantitative estimate of drug-likeness (QED) is 0.573. The minimum atomic E-state index is -0.427. The molecule has 0 aliphatic heterocycles. The number of nitrogens with one attached hydrogen (secondary N) is 1. The summed E-state index contributed by atoms with van der Waals surface area (Å²) in [4.78, 5) is 22.3. The van der Waals surface area contributed by atoms with E-state index in [2.05, 4.69) is 5.32 Å². The van der Waals surface area contributed by atoms with E-state index in [1.165, 1.54) is 23.9 Å². The number of ether oxygens (including phenoxy) is 1. The SMILES string of the molecule is COc1ccccc1C(C)NC(=O)CSCc1ccc([N+](=O)[O-])cc1. The Morgan fingerprint density at radius 1 is 1.24 bits per heavy atom. The molecule has 0 fully saturated rings. The van der Waals surface area contributed by atoms with Gasteiger partial charge in [0.1, 0.15) is 5.75 Å². The maximum Gasteiger partial charge on any atom is 0.269 e. The van der Waals surface area contributed by atoms with Gasteiger partial charge in [0, 0.05) is 23.4 Å². The number of carbonyl (C=O) groups excluding carboxylic acids is 1.